The first kappa shape index (κ1) is 20.7. The minimum atomic E-state index is -0.107. The number of nitrogens with one attached hydrogen (secondary N) is 2. The Labute approximate surface area is 162 Å². The predicted molar refractivity (Wildman–Crippen MR) is 112 cm³/mol. The summed E-state index contributed by atoms with van der Waals surface area (Å²) in [7, 11) is 3.32. The van der Waals surface area contributed by atoms with Crippen LogP contribution < -0.4 is 20.1 Å². The molecular weight excluding hydrogens is 346 g/mol. The quantitative estimate of drug-likeness (QED) is 0.535. The number of nitrogens with zero attached hydrogens (tertiary/aromatic N) is 1. The normalized spacial score (nSPS) is 17.9. The third kappa shape index (κ3) is 5.73. The Balaban J connectivity index is 2.05. The first-order chi connectivity index (χ1) is 12.5. The van der Waals surface area contributed by atoms with Crippen LogP contribution in [0.4, 0.5) is 0 Å². The Bertz CT molecular complexity index is 599. The molecule has 1 aromatic carbocycles. The van der Waals surface area contributed by atoms with E-state index >= 15 is 0 Å². The van der Waals surface area contributed by atoms with Gasteiger partial charge in [0.25, 0.3) is 0 Å². The highest BCUT2D eigenvalue weighted by molar-refractivity contribution is 8.00. The average molecular weight is 380 g/mol. The van der Waals surface area contributed by atoms with Crippen molar-refractivity contribution in [2.75, 3.05) is 39.6 Å². The van der Waals surface area contributed by atoms with Gasteiger partial charge in [-0.1, -0.05) is 19.9 Å². The molecule has 1 aliphatic rings. The first-order valence-electron chi connectivity index (χ1n) is 9.36. The van der Waals surface area contributed by atoms with Gasteiger partial charge < -0.3 is 20.1 Å². The van der Waals surface area contributed by atoms with E-state index in [9.17, 15) is 0 Å². The zero-order valence-electron chi connectivity index (χ0n) is 16.7. The molecule has 0 amide bonds. The Kier molecular flexibility index (Phi) is 7.94. The summed E-state index contributed by atoms with van der Waals surface area (Å²) in [6.07, 6.45) is 2.63. The minimum Gasteiger partial charge on any atom is -0.493 e. The Morgan fingerprint density at radius 2 is 2.00 bits per heavy atom. The van der Waals surface area contributed by atoms with E-state index in [1.807, 2.05) is 12.1 Å². The highest BCUT2D eigenvalue weighted by Crippen LogP contribution is 2.33. The van der Waals surface area contributed by atoms with Crippen molar-refractivity contribution >= 4 is 17.7 Å². The number of hydrogen-bond donors (Lipinski definition) is 2. The van der Waals surface area contributed by atoms with Gasteiger partial charge in [0.1, 0.15) is 0 Å². The summed E-state index contributed by atoms with van der Waals surface area (Å²) in [5.41, 5.74) is 1.07. The molecule has 0 spiro atoms. The van der Waals surface area contributed by atoms with Crippen LogP contribution in [0.2, 0.25) is 0 Å². The molecule has 1 unspecified atom stereocenters. The van der Waals surface area contributed by atoms with Gasteiger partial charge in [0.15, 0.2) is 17.5 Å². The summed E-state index contributed by atoms with van der Waals surface area (Å²) >= 11 is 2.06. The maximum Gasteiger partial charge on any atom is 0.191 e. The lowest BCUT2D eigenvalue weighted by Crippen LogP contribution is -2.41. The van der Waals surface area contributed by atoms with Gasteiger partial charge in [0.2, 0.25) is 0 Å². The molecule has 1 aliphatic heterocycles. The maximum absolute atomic E-state index is 5.44. The smallest absolute Gasteiger partial charge is 0.191 e. The summed E-state index contributed by atoms with van der Waals surface area (Å²) in [5.74, 6) is 3.69. The minimum absolute atomic E-state index is 0.107. The average Bonchev–Trinajstić information content (AvgIpc) is 3.17. The number of benzene rings is 1. The van der Waals surface area contributed by atoms with Gasteiger partial charge in [-0.3, -0.25) is 4.99 Å². The molecule has 1 aromatic rings. The van der Waals surface area contributed by atoms with Crippen LogP contribution >= 0.6 is 11.8 Å². The zero-order chi connectivity index (χ0) is 19.0. The fourth-order valence-electron chi connectivity index (χ4n) is 2.98. The van der Waals surface area contributed by atoms with Gasteiger partial charge in [-0.2, -0.15) is 11.8 Å². The van der Waals surface area contributed by atoms with Crippen LogP contribution in [0.1, 0.15) is 39.2 Å². The standard InChI is InChI=1S/C20H33N3O2S/c1-6-21-19(22-13-16-8-7-11-26-16)23-14-20(2,3)15-9-10-17(24-4)18(12-15)25-5/h9-10,12,16H,6-8,11,13-14H2,1-5H3,(H2,21,22,23). The van der Waals surface area contributed by atoms with E-state index in [4.69, 9.17) is 14.5 Å². The lowest BCUT2D eigenvalue weighted by molar-refractivity contribution is 0.353. The Morgan fingerprint density at radius 3 is 2.62 bits per heavy atom. The molecule has 1 fully saturated rings. The third-order valence-electron chi connectivity index (χ3n) is 4.66. The van der Waals surface area contributed by atoms with Crippen molar-refractivity contribution in [2.45, 2.75) is 44.3 Å². The van der Waals surface area contributed by atoms with Crippen molar-refractivity contribution in [3.8, 4) is 11.5 Å². The predicted octanol–water partition coefficient (Wildman–Crippen LogP) is 3.43. The fourth-order valence-corrected chi connectivity index (χ4v) is 4.18. The van der Waals surface area contributed by atoms with Crippen LogP contribution in [-0.4, -0.2) is 50.8 Å². The van der Waals surface area contributed by atoms with Gasteiger partial charge >= 0.3 is 0 Å². The van der Waals surface area contributed by atoms with Gasteiger partial charge in [-0.15, -0.1) is 0 Å². The van der Waals surface area contributed by atoms with E-state index in [1.54, 1.807) is 14.2 Å². The molecule has 5 nitrogen and oxygen atoms in total. The lowest BCUT2D eigenvalue weighted by atomic mass is 9.84. The molecule has 1 heterocycles. The Hall–Kier alpha value is -1.56. The van der Waals surface area contributed by atoms with Crippen molar-refractivity contribution in [3.63, 3.8) is 0 Å². The molecule has 0 aromatic heterocycles. The van der Waals surface area contributed by atoms with Crippen molar-refractivity contribution in [3.05, 3.63) is 23.8 Å². The van der Waals surface area contributed by atoms with E-state index in [0.29, 0.717) is 11.8 Å². The highest BCUT2D eigenvalue weighted by atomic mass is 32.2. The zero-order valence-corrected chi connectivity index (χ0v) is 17.5. The molecule has 2 N–H and O–H groups in total. The number of guanidine groups is 1. The SMILES string of the molecule is CCNC(=NCC(C)(C)c1ccc(OC)c(OC)c1)NCC1CCCS1. The molecule has 0 aliphatic carbocycles. The number of methoxy groups -OCH3 is 2. The molecule has 0 saturated carbocycles. The number of hydrogen-bond acceptors (Lipinski definition) is 4. The molecule has 1 saturated heterocycles. The van der Waals surface area contributed by atoms with Crippen LogP contribution in [0.25, 0.3) is 0 Å². The Morgan fingerprint density at radius 1 is 1.23 bits per heavy atom. The van der Waals surface area contributed by atoms with Crippen LogP contribution in [0, 0.1) is 0 Å². The van der Waals surface area contributed by atoms with E-state index in [2.05, 4.69) is 49.2 Å². The summed E-state index contributed by atoms with van der Waals surface area (Å²) < 4.78 is 10.8. The van der Waals surface area contributed by atoms with Crippen LogP contribution in [-0.2, 0) is 5.41 Å². The largest absolute Gasteiger partial charge is 0.493 e. The molecule has 0 bridgehead atoms. The molecule has 26 heavy (non-hydrogen) atoms. The summed E-state index contributed by atoms with van der Waals surface area (Å²) in [6, 6.07) is 6.09. The second-order valence-corrected chi connectivity index (χ2v) is 8.57. The summed E-state index contributed by atoms with van der Waals surface area (Å²) in [5, 5.41) is 7.56. The molecule has 6 heteroatoms. The number of thioether (sulfide) groups is 1. The van der Waals surface area contributed by atoms with E-state index in [-0.39, 0.29) is 5.41 Å². The molecule has 2 rings (SSSR count). The van der Waals surface area contributed by atoms with Gasteiger partial charge in [0.05, 0.1) is 20.8 Å². The fraction of sp³-hybridized carbons (Fsp3) is 0.650. The third-order valence-corrected chi connectivity index (χ3v) is 6.06. The second kappa shape index (κ2) is 9.95. The van der Waals surface area contributed by atoms with E-state index in [1.165, 1.54) is 24.2 Å². The second-order valence-electron chi connectivity index (χ2n) is 7.16. The van der Waals surface area contributed by atoms with Crippen molar-refractivity contribution in [1.29, 1.82) is 0 Å². The van der Waals surface area contributed by atoms with Crippen molar-refractivity contribution in [2.24, 2.45) is 4.99 Å². The van der Waals surface area contributed by atoms with Crippen LogP contribution in [0.15, 0.2) is 23.2 Å². The number of ether oxygens (including phenoxy) is 2. The van der Waals surface area contributed by atoms with Gasteiger partial charge in [0, 0.05) is 23.8 Å². The number of aliphatic imine (C=N–C) groups is 1. The van der Waals surface area contributed by atoms with E-state index in [0.717, 1.165) is 30.5 Å². The lowest BCUT2D eigenvalue weighted by Gasteiger charge is -2.25. The van der Waals surface area contributed by atoms with Crippen molar-refractivity contribution < 1.29 is 9.47 Å². The number of rotatable bonds is 8. The molecule has 1 atom stereocenters. The molecule has 0 radical (unpaired) electrons. The van der Waals surface area contributed by atoms with E-state index < -0.39 is 0 Å². The topological polar surface area (TPSA) is 54.9 Å². The highest BCUT2D eigenvalue weighted by Gasteiger charge is 2.23. The van der Waals surface area contributed by atoms with Crippen LogP contribution in [0.3, 0.4) is 0 Å². The molecule has 146 valence electrons. The first-order valence-corrected chi connectivity index (χ1v) is 10.4. The summed E-state index contributed by atoms with van der Waals surface area (Å²) in [4.78, 5) is 4.83. The van der Waals surface area contributed by atoms with Gasteiger partial charge in [-0.25, -0.2) is 0 Å². The molecular formula is C20H33N3O2S. The van der Waals surface area contributed by atoms with Crippen molar-refractivity contribution in [1.82, 2.24) is 10.6 Å². The monoisotopic (exact) mass is 379 g/mol. The maximum atomic E-state index is 5.44. The van der Waals surface area contributed by atoms with Gasteiger partial charge in [-0.05, 0) is 43.2 Å². The van der Waals surface area contributed by atoms with Crippen LogP contribution in [0.5, 0.6) is 11.5 Å². The summed E-state index contributed by atoms with van der Waals surface area (Å²) in [6.45, 7) is 9.03.